The molecule has 26 heavy (non-hydrogen) atoms. The predicted octanol–water partition coefficient (Wildman–Crippen LogP) is 4.77. The van der Waals surface area contributed by atoms with Crippen molar-refractivity contribution in [3.63, 3.8) is 0 Å². The van der Waals surface area contributed by atoms with Crippen molar-refractivity contribution in [2.24, 2.45) is 10.8 Å². The average Bonchev–Trinajstić information content (AvgIpc) is 2.82. The van der Waals surface area contributed by atoms with E-state index < -0.39 is 0 Å². The third-order valence-corrected chi connectivity index (χ3v) is 4.86. The number of nitrogen functional groups attached to an aromatic ring is 1. The minimum Gasteiger partial charge on any atom is -0.383 e. The fraction of sp³-hybridized carbons (Fsp3) is 0.571. The molecule has 0 atom stereocenters. The summed E-state index contributed by atoms with van der Waals surface area (Å²) in [6.45, 7) is 15.8. The molecular formula is C21H31N5. The average molecular weight is 354 g/mol. The van der Waals surface area contributed by atoms with Crippen LogP contribution in [0.15, 0.2) is 24.5 Å². The predicted molar refractivity (Wildman–Crippen MR) is 107 cm³/mol. The highest BCUT2D eigenvalue weighted by molar-refractivity contribution is 5.78. The third-order valence-electron chi connectivity index (χ3n) is 4.86. The first-order chi connectivity index (χ1) is 11.9. The summed E-state index contributed by atoms with van der Waals surface area (Å²) in [6.07, 6.45) is 7.96. The van der Waals surface area contributed by atoms with Gasteiger partial charge in [0.25, 0.3) is 5.95 Å². The molecule has 2 heterocycles. The first kappa shape index (κ1) is 18.6. The zero-order valence-corrected chi connectivity index (χ0v) is 17.1. The lowest BCUT2D eigenvalue weighted by atomic mass is 9.65. The molecule has 0 saturated carbocycles. The van der Waals surface area contributed by atoms with Crippen LogP contribution in [0.2, 0.25) is 0 Å². The number of aromatic nitrogens is 4. The third kappa shape index (κ3) is 3.53. The molecule has 140 valence electrons. The van der Waals surface area contributed by atoms with E-state index in [4.69, 9.17) is 10.8 Å². The van der Waals surface area contributed by atoms with Crippen molar-refractivity contribution in [3.05, 3.63) is 35.8 Å². The molecule has 0 amide bonds. The Balaban J connectivity index is 2.24. The Hall–Kier alpha value is -2.17. The summed E-state index contributed by atoms with van der Waals surface area (Å²) in [7, 11) is 0. The van der Waals surface area contributed by atoms with Crippen LogP contribution in [0.3, 0.4) is 0 Å². The van der Waals surface area contributed by atoms with Gasteiger partial charge in [-0.2, -0.15) is 9.78 Å². The number of rotatable bonds is 2. The van der Waals surface area contributed by atoms with Gasteiger partial charge in [-0.25, -0.2) is 9.97 Å². The molecule has 0 radical (unpaired) electrons. The standard InChI is InChI=1S/C21H31N5/c1-19(2,3)16-15(14-11-20(4,5)13-21(6,7)12-14)17(22)26(25-16)18-23-9-8-10-24-18/h8-11H,12-13,22H2,1-7H3. The highest BCUT2D eigenvalue weighted by Crippen LogP contribution is 2.49. The molecule has 5 heteroatoms. The lowest BCUT2D eigenvalue weighted by molar-refractivity contribution is 0.228. The van der Waals surface area contributed by atoms with Gasteiger partial charge < -0.3 is 5.73 Å². The second-order valence-electron chi connectivity index (χ2n) is 10.00. The molecule has 2 N–H and O–H groups in total. The molecule has 0 aromatic carbocycles. The molecule has 3 rings (SSSR count). The Bertz CT molecular complexity index is 835. The molecular weight excluding hydrogens is 322 g/mol. The summed E-state index contributed by atoms with van der Waals surface area (Å²) in [5.41, 5.74) is 10.2. The maximum atomic E-state index is 6.62. The molecule has 0 unspecified atom stereocenters. The van der Waals surface area contributed by atoms with Crippen LogP contribution in [0.5, 0.6) is 0 Å². The molecule has 2 aromatic heterocycles. The summed E-state index contributed by atoms with van der Waals surface area (Å²) in [6, 6.07) is 1.80. The van der Waals surface area contributed by atoms with E-state index >= 15 is 0 Å². The zero-order chi connectivity index (χ0) is 19.3. The molecule has 2 aromatic rings. The Morgan fingerprint density at radius 3 is 2.23 bits per heavy atom. The lowest BCUT2D eigenvalue weighted by Crippen LogP contribution is -2.27. The normalized spacial score (nSPS) is 19.3. The van der Waals surface area contributed by atoms with Crippen molar-refractivity contribution in [3.8, 4) is 5.95 Å². The summed E-state index contributed by atoms with van der Waals surface area (Å²) in [4.78, 5) is 8.68. The number of nitrogens with zero attached hydrogens (tertiary/aromatic N) is 4. The molecule has 1 aliphatic rings. The van der Waals surface area contributed by atoms with Crippen LogP contribution in [0.4, 0.5) is 5.82 Å². The maximum absolute atomic E-state index is 6.62. The van der Waals surface area contributed by atoms with Crippen LogP contribution in [0.25, 0.3) is 11.5 Å². The van der Waals surface area contributed by atoms with E-state index in [0.29, 0.717) is 11.8 Å². The SMILES string of the molecule is CC1(C)C=C(c2c(C(C)(C)C)nn(-c3ncccn3)c2N)CC(C)(C)C1. The van der Waals surface area contributed by atoms with Crippen molar-refractivity contribution in [2.75, 3.05) is 5.73 Å². The van der Waals surface area contributed by atoms with Crippen LogP contribution in [-0.4, -0.2) is 19.7 Å². The van der Waals surface area contributed by atoms with Crippen LogP contribution in [-0.2, 0) is 5.41 Å². The molecule has 0 bridgehead atoms. The topological polar surface area (TPSA) is 69.6 Å². The summed E-state index contributed by atoms with van der Waals surface area (Å²) in [5, 5.41) is 4.85. The largest absolute Gasteiger partial charge is 0.383 e. The lowest BCUT2D eigenvalue weighted by Gasteiger charge is -2.39. The van der Waals surface area contributed by atoms with Crippen molar-refractivity contribution in [1.82, 2.24) is 19.7 Å². The van der Waals surface area contributed by atoms with Crippen LogP contribution in [0, 0.1) is 10.8 Å². The van der Waals surface area contributed by atoms with Gasteiger partial charge in [0.15, 0.2) is 0 Å². The van der Waals surface area contributed by atoms with Gasteiger partial charge in [-0.1, -0.05) is 54.5 Å². The van der Waals surface area contributed by atoms with E-state index in [-0.39, 0.29) is 16.2 Å². The maximum Gasteiger partial charge on any atom is 0.252 e. The van der Waals surface area contributed by atoms with Crippen LogP contribution in [0.1, 0.15) is 72.6 Å². The number of hydrogen-bond acceptors (Lipinski definition) is 4. The minimum atomic E-state index is -0.129. The monoisotopic (exact) mass is 353 g/mol. The Kier molecular flexibility index (Phi) is 4.25. The first-order valence-electron chi connectivity index (χ1n) is 9.28. The molecule has 1 aliphatic carbocycles. The Morgan fingerprint density at radius 2 is 1.69 bits per heavy atom. The highest BCUT2D eigenvalue weighted by atomic mass is 15.4. The molecule has 0 spiro atoms. The van der Waals surface area contributed by atoms with Crippen molar-refractivity contribution in [2.45, 2.75) is 66.7 Å². The second kappa shape index (κ2) is 5.93. The van der Waals surface area contributed by atoms with Crippen LogP contribution >= 0.6 is 0 Å². The summed E-state index contributed by atoms with van der Waals surface area (Å²) in [5.74, 6) is 1.14. The van der Waals surface area contributed by atoms with Gasteiger partial charge in [-0.15, -0.1) is 0 Å². The Labute approximate surface area is 156 Å². The second-order valence-corrected chi connectivity index (χ2v) is 10.00. The number of anilines is 1. The van der Waals surface area contributed by atoms with Crippen molar-refractivity contribution < 1.29 is 0 Å². The number of nitrogens with two attached hydrogens (primary N) is 1. The van der Waals surface area contributed by atoms with Gasteiger partial charge in [0, 0.05) is 23.4 Å². The number of hydrogen-bond donors (Lipinski definition) is 1. The zero-order valence-electron chi connectivity index (χ0n) is 17.1. The molecule has 5 nitrogen and oxygen atoms in total. The van der Waals surface area contributed by atoms with E-state index in [2.05, 4.69) is 64.5 Å². The summed E-state index contributed by atoms with van der Waals surface area (Å²) >= 11 is 0. The van der Waals surface area contributed by atoms with E-state index in [1.165, 1.54) is 5.57 Å². The van der Waals surface area contributed by atoms with E-state index in [9.17, 15) is 0 Å². The van der Waals surface area contributed by atoms with Gasteiger partial charge in [0.05, 0.1) is 5.69 Å². The van der Waals surface area contributed by atoms with Crippen molar-refractivity contribution in [1.29, 1.82) is 0 Å². The van der Waals surface area contributed by atoms with Gasteiger partial charge in [0.2, 0.25) is 0 Å². The van der Waals surface area contributed by atoms with E-state index in [1.807, 2.05) is 0 Å². The van der Waals surface area contributed by atoms with Gasteiger partial charge >= 0.3 is 0 Å². The van der Waals surface area contributed by atoms with Crippen LogP contribution < -0.4 is 5.73 Å². The summed E-state index contributed by atoms with van der Waals surface area (Å²) < 4.78 is 1.69. The molecule has 0 aliphatic heterocycles. The van der Waals surface area contributed by atoms with Gasteiger partial charge in [-0.3, -0.25) is 0 Å². The smallest absolute Gasteiger partial charge is 0.252 e. The molecule has 0 saturated heterocycles. The minimum absolute atomic E-state index is 0.129. The van der Waals surface area contributed by atoms with E-state index in [1.54, 1.807) is 23.1 Å². The fourth-order valence-corrected chi connectivity index (χ4v) is 4.37. The molecule has 0 fully saturated rings. The van der Waals surface area contributed by atoms with Gasteiger partial charge in [-0.05, 0) is 35.3 Å². The van der Waals surface area contributed by atoms with Gasteiger partial charge in [0.1, 0.15) is 5.82 Å². The number of allylic oxidation sites excluding steroid dienone is 2. The first-order valence-corrected chi connectivity index (χ1v) is 9.28. The van der Waals surface area contributed by atoms with Crippen molar-refractivity contribution >= 4 is 11.4 Å². The Morgan fingerprint density at radius 1 is 1.08 bits per heavy atom. The quantitative estimate of drug-likeness (QED) is 0.844. The fourth-order valence-electron chi connectivity index (χ4n) is 4.37. The van der Waals surface area contributed by atoms with E-state index in [0.717, 1.165) is 24.1 Å². The highest BCUT2D eigenvalue weighted by Gasteiger charge is 2.37.